The lowest BCUT2D eigenvalue weighted by atomic mass is 10.3. The fraction of sp³-hybridized carbons (Fsp3) is 0.500. The van der Waals surface area contributed by atoms with Gasteiger partial charge in [0.2, 0.25) is 5.91 Å². The van der Waals surface area contributed by atoms with E-state index in [1.165, 1.54) is 0 Å². The first-order valence-corrected chi connectivity index (χ1v) is 3.90. The largest absolute Gasteiger partial charge is 0.351 e. The minimum atomic E-state index is -0.838. The van der Waals surface area contributed by atoms with Crippen molar-refractivity contribution in [1.82, 2.24) is 10.6 Å². The van der Waals surface area contributed by atoms with E-state index in [2.05, 4.69) is 11.2 Å². The molecule has 0 bridgehead atoms. The lowest BCUT2D eigenvalue weighted by molar-refractivity contribution is -0.119. The Morgan fingerprint density at radius 2 is 2.15 bits per heavy atom. The summed E-state index contributed by atoms with van der Waals surface area (Å²) in [6, 6.07) is -0.838. The molecule has 0 aromatic rings. The van der Waals surface area contributed by atoms with Crippen molar-refractivity contribution < 1.29 is 9.59 Å². The van der Waals surface area contributed by atoms with E-state index in [0.29, 0.717) is 13.0 Å². The lowest BCUT2D eigenvalue weighted by Crippen LogP contribution is -2.40. The van der Waals surface area contributed by atoms with E-state index < -0.39 is 11.9 Å². The maximum atomic E-state index is 10.8. The Balaban J connectivity index is 3.28. The molecule has 0 aromatic heterocycles. The van der Waals surface area contributed by atoms with Crippen LogP contribution in [0, 0.1) is 12.3 Å². The molecule has 4 N–H and O–H groups in total. The summed E-state index contributed by atoms with van der Waals surface area (Å²) in [5, 5.41) is 4.74. The molecule has 0 unspecified atom stereocenters. The highest BCUT2D eigenvalue weighted by molar-refractivity contribution is 5.94. The fourth-order valence-corrected chi connectivity index (χ4v) is 0.699. The summed E-state index contributed by atoms with van der Waals surface area (Å²) in [5.41, 5.74) is 4.72. The number of hydrogen-bond donors (Lipinski definition) is 3. The first kappa shape index (κ1) is 11.5. The van der Waals surface area contributed by atoms with Crippen molar-refractivity contribution >= 4 is 11.9 Å². The average molecular weight is 183 g/mol. The number of urea groups is 1. The SMILES string of the molecule is C#CCCCNCC(=O)NC(N)=O. The van der Waals surface area contributed by atoms with Crippen LogP contribution in [0.25, 0.3) is 0 Å². The molecule has 0 spiro atoms. The van der Waals surface area contributed by atoms with Gasteiger partial charge in [0.1, 0.15) is 0 Å². The number of rotatable bonds is 5. The van der Waals surface area contributed by atoms with E-state index in [0.717, 1.165) is 6.42 Å². The van der Waals surface area contributed by atoms with Crippen molar-refractivity contribution in [3.63, 3.8) is 0 Å². The number of nitrogens with one attached hydrogen (secondary N) is 2. The second-order valence-corrected chi connectivity index (χ2v) is 2.40. The van der Waals surface area contributed by atoms with Crippen molar-refractivity contribution in [3.05, 3.63) is 0 Å². The number of unbranched alkanes of at least 4 members (excludes halogenated alkanes) is 1. The van der Waals surface area contributed by atoms with Gasteiger partial charge < -0.3 is 11.1 Å². The molecule has 0 aliphatic rings. The van der Waals surface area contributed by atoms with Crippen LogP contribution in [0.2, 0.25) is 0 Å². The molecule has 3 amide bonds. The Labute approximate surface area is 77.1 Å². The van der Waals surface area contributed by atoms with Gasteiger partial charge >= 0.3 is 6.03 Å². The number of terminal acetylenes is 1. The fourth-order valence-electron chi connectivity index (χ4n) is 0.699. The van der Waals surface area contributed by atoms with Gasteiger partial charge in [-0.1, -0.05) is 0 Å². The van der Waals surface area contributed by atoms with Crippen molar-refractivity contribution in [2.24, 2.45) is 5.73 Å². The number of hydrogen-bond acceptors (Lipinski definition) is 3. The topological polar surface area (TPSA) is 84.2 Å². The van der Waals surface area contributed by atoms with Crippen LogP contribution in [0.1, 0.15) is 12.8 Å². The minimum absolute atomic E-state index is 0.0769. The normalized spacial score (nSPS) is 8.85. The number of nitrogens with two attached hydrogens (primary N) is 1. The summed E-state index contributed by atoms with van der Waals surface area (Å²) in [7, 11) is 0. The Kier molecular flexibility index (Phi) is 6.28. The molecule has 0 saturated heterocycles. The maximum absolute atomic E-state index is 10.8. The van der Waals surface area contributed by atoms with Crippen LogP contribution in [0.4, 0.5) is 4.79 Å². The lowest BCUT2D eigenvalue weighted by Gasteiger charge is -2.01. The zero-order valence-electron chi connectivity index (χ0n) is 7.30. The third-order valence-electron chi connectivity index (χ3n) is 1.22. The van der Waals surface area contributed by atoms with Gasteiger partial charge in [-0.25, -0.2) is 4.79 Å². The van der Waals surface area contributed by atoms with E-state index in [9.17, 15) is 9.59 Å². The van der Waals surface area contributed by atoms with Gasteiger partial charge in [-0.2, -0.15) is 0 Å². The van der Waals surface area contributed by atoms with Gasteiger partial charge in [0.25, 0.3) is 0 Å². The molecule has 0 radical (unpaired) electrons. The number of carbonyl (C=O) groups excluding carboxylic acids is 2. The summed E-state index contributed by atoms with van der Waals surface area (Å²) in [6.45, 7) is 0.726. The molecule has 5 nitrogen and oxygen atoms in total. The van der Waals surface area contributed by atoms with E-state index in [1.807, 2.05) is 5.32 Å². The first-order chi connectivity index (χ1) is 6.16. The standard InChI is InChI=1S/C8H13N3O2/c1-2-3-4-5-10-6-7(12)11-8(9)13/h1,10H,3-6H2,(H3,9,11,12,13). The minimum Gasteiger partial charge on any atom is -0.351 e. The number of amides is 3. The van der Waals surface area contributed by atoms with E-state index in [-0.39, 0.29) is 6.54 Å². The molecule has 5 heteroatoms. The molecule has 0 fully saturated rings. The van der Waals surface area contributed by atoms with Crippen molar-refractivity contribution in [2.45, 2.75) is 12.8 Å². The summed E-state index contributed by atoms with van der Waals surface area (Å²) in [6.07, 6.45) is 6.50. The molecule has 0 heterocycles. The number of primary amides is 1. The molecule has 72 valence electrons. The summed E-state index contributed by atoms with van der Waals surface area (Å²) >= 11 is 0. The molecule has 0 aromatic carbocycles. The molecular weight excluding hydrogens is 170 g/mol. The zero-order valence-corrected chi connectivity index (χ0v) is 7.30. The summed E-state index contributed by atoms with van der Waals surface area (Å²) < 4.78 is 0. The molecule has 0 saturated carbocycles. The number of carbonyl (C=O) groups is 2. The van der Waals surface area contributed by atoms with Crippen molar-refractivity contribution in [2.75, 3.05) is 13.1 Å². The molecule has 13 heavy (non-hydrogen) atoms. The predicted molar refractivity (Wildman–Crippen MR) is 48.7 cm³/mol. The van der Waals surface area contributed by atoms with Gasteiger partial charge in [-0.15, -0.1) is 12.3 Å². The molecular formula is C8H13N3O2. The van der Waals surface area contributed by atoms with Crippen LogP contribution >= 0.6 is 0 Å². The van der Waals surface area contributed by atoms with E-state index in [4.69, 9.17) is 12.2 Å². The van der Waals surface area contributed by atoms with Gasteiger partial charge in [0.05, 0.1) is 6.54 Å². The van der Waals surface area contributed by atoms with E-state index in [1.54, 1.807) is 0 Å². The molecule has 0 aliphatic heterocycles. The van der Waals surface area contributed by atoms with Crippen LogP contribution in [0.5, 0.6) is 0 Å². The smallest absolute Gasteiger partial charge is 0.318 e. The highest BCUT2D eigenvalue weighted by Crippen LogP contribution is 1.81. The van der Waals surface area contributed by atoms with Crippen LogP contribution in [-0.2, 0) is 4.79 Å². The quantitative estimate of drug-likeness (QED) is 0.385. The van der Waals surface area contributed by atoms with Crippen LogP contribution in [-0.4, -0.2) is 25.0 Å². The van der Waals surface area contributed by atoms with Gasteiger partial charge in [-0.3, -0.25) is 10.1 Å². The first-order valence-electron chi connectivity index (χ1n) is 3.90. The van der Waals surface area contributed by atoms with Gasteiger partial charge in [0, 0.05) is 6.42 Å². The molecule has 0 atom stereocenters. The zero-order chi connectivity index (χ0) is 10.1. The highest BCUT2D eigenvalue weighted by Gasteiger charge is 2.01. The predicted octanol–water partition coefficient (Wildman–Crippen LogP) is -0.816. The van der Waals surface area contributed by atoms with Crippen molar-refractivity contribution in [3.8, 4) is 12.3 Å². The Bertz CT molecular complexity index is 220. The Morgan fingerprint density at radius 3 is 2.69 bits per heavy atom. The van der Waals surface area contributed by atoms with Gasteiger partial charge in [0.15, 0.2) is 0 Å². The monoisotopic (exact) mass is 183 g/mol. The third-order valence-corrected chi connectivity index (χ3v) is 1.22. The Hall–Kier alpha value is -1.54. The Morgan fingerprint density at radius 1 is 1.46 bits per heavy atom. The van der Waals surface area contributed by atoms with Crippen LogP contribution in [0.15, 0.2) is 0 Å². The summed E-state index contributed by atoms with van der Waals surface area (Å²) in [5.74, 6) is 2.04. The maximum Gasteiger partial charge on any atom is 0.318 e. The summed E-state index contributed by atoms with van der Waals surface area (Å²) in [4.78, 5) is 21.0. The van der Waals surface area contributed by atoms with Gasteiger partial charge in [-0.05, 0) is 13.0 Å². The second-order valence-electron chi connectivity index (χ2n) is 2.40. The second kappa shape index (κ2) is 7.13. The molecule has 0 rings (SSSR count). The van der Waals surface area contributed by atoms with Crippen molar-refractivity contribution in [1.29, 1.82) is 0 Å². The van der Waals surface area contributed by atoms with Crippen LogP contribution in [0.3, 0.4) is 0 Å². The molecule has 0 aliphatic carbocycles. The van der Waals surface area contributed by atoms with Crippen LogP contribution < -0.4 is 16.4 Å². The average Bonchev–Trinajstić information content (AvgIpc) is 2.02. The van der Waals surface area contributed by atoms with E-state index >= 15 is 0 Å². The number of imide groups is 1. The third kappa shape index (κ3) is 8.37. The highest BCUT2D eigenvalue weighted by atomic mass is 16.2.